The lowest BCUT2D eigenvalue weighted by atomic mass is 10.2. The van der Waals surface area contributed by atoms with Crippen molar-refractivity contribution in [3.05, 3.63) is 11.5 Å². The second-order valence-corrected chi connectivity index (χ2v) is 3.42. The van der Waals surface area contributed by atoms with E-state index in [1.165, 1.54) is 7.11 Å². The van der Waals surface area contributed by atoms with Crippen molar-refractivity contribution >= 4 is 11.9 Å². The van der Waals surface area contributed by atoms with Gasteiger partial charge < -0.3 is 29.2 Å². The molecule has 2 aliphatic heterocycles. The summed E-state index contributed by atoms with van der Waals surface area (Å²) in [6.07, 6.45) is -3.26. The van der Waals surface area contributed by atoms with Gasteiger partial charge in [0.15, 0.2) is 11.9 Å². The third-order valence-electron chi connectivity index (χ3n) is 2.38. The molecule has 0 spiro atoms. The molecule has 0 aromatic rings. The molecule has 0 bridgehead atoms. The van der Waals surface area contributed by atoms with Crippen molar-refractivity contribution in [3.63, 3.8) is 0 Å². The molecule has 0 amide bonds. The SMILES string of the molecule is COC(=O)C1OC[C@@H]([C@H]2OC(=O)C(O)=C2O)O1. The number of methoxy groups -OCH3 is 1. The van der Waals surface area contributed by atoms with E-state index in [0.29, 0.717) is 0 Å². The van der Waals surface area contributed by atoms with Crippen LogP contribution in [0, 0.1) is 0 Å². The molecular weight excluding hydrogens is 236 g/mol. The molecule has 94 valence electrons. The van der Waals surface area contributed by atoms with Gasteiger partial charge in [0.1, 0.15) is 6.10 Å². The van der Waals surface area contributed by atoms with Crippen molar-refractivity contribution in [2.45, 2.75) is 18.5 Å². The van der Waals surface area contributed by atoms with Gasteiger partial charge in [-0.05, 0) is 0 Å². The Labute approximate surface area is 95.3 Å². The van der Waals surface area contributed by atoms with Gasteiger partial charge >= 0.3 is 11.9 Å². The topological polar surface area (TPSA) is 112 Å². The summed E-state index contributed by atoms with van der Waals surface area (Å²) in [5.74, 6) is -3.27. The summed E-state index contributed by atoms with van der Waals surface area (Å²) in [4.78, 5) is 22.0. The second kappa shape index (κ2) is 4.22. The van der Waals surface area contributed by atoms with Crippen molar-refractivity contribution in [3.8, 4) is 0 Å². The molecule has 8 nitrogen and oxygen atoms in total. The van der Waals surface area contributed by atoms with Gasteiger partial charge in [0, 0.05) is 0 Å². The maximum Gasteiger partial charge on any atom is 0.377 e. The van der Waals surface area contributed by atoms with Crippen LogP contribution in [0.2, 0.25) is 0 Å². The lowest BCUT2D eigenvalue weighted by Gasteiger charge is -2.15. The standard InChI is InChI=1S/C9H10O8/c1-14-8(13)9-15-2-3(16-9)6-4(10)5(11)7(12)17-6/h3,6,9-11H,2H2,1H3/t3-,6+,9?/m0/s1. The van der Waals surface area contributed by atoms with E-state index < -0.39 is 42.0 Å². The van der Waals surface area contributed by atoms with Gasteiger partial charge in [-0.15, -0.1) is 0 Å². The van der Waals surface area contributed by atoms with Gasteiger partial charge in [-0.1, -0.05) is 0 Å². The van der Waals surface area contributed by atoms with Crippen molar-refractivity contribution in [2.24, 2.45) is 0 Å². The molecule has 1 fully saturated rings. The van der Waals surface area contributed by atoms with Crippen molar-refractivity contribution in [2.75, 3.05) is 13.7 Å². The predicted molar refractivity (Wildman–Crippen MR) is 48.8 cm³/mol. The van der Waals surface area contributed by atoms with Crippen LogP contribution in [0.5, 0.6) is 0 Å². The van der Waals surface area contributed by atoms with E-state index in [4.69, 9.17) is 14.6 Å². The molecule has 2 N–H and O–H groups in total. The molecule has 1 unspecified atom stereocenters. The zero-order valence-corrected chi connectivity index (χ0v) is 8.78. The average Bonchev–Trinajstić information content (AvgIpc) is 2.89. The minimum Gasteiger partial charge on any atom is -0.505 e. The largest absolute Gasteiger partial charge is 0.505 e. The van der Waals surface area contributed by atoms with Crippen molar-refractivity contribution in [1.82, 2.24) is 0 Å². The third-order valence-corrected chi connectivity index (χ3v) is 2.38. The molecule has 0 aromatic carbocycles. The number of aliphatic hydroxyl groups is 2. The molecule has 8 heteroatoms. The Morgan fingerprint density at radius 3 is 2.71 bits per heavy atom. The summed E-state index contributed by atoms with van der Waals surface area (Å²) >= 11 is 0. The van der Waals surface area contributed by atoms with Crippen LogP contribution in [0.15, 0.2) is 11.5 Å². The first-order chi connectivity index (χ1) is 8.04. The van der Waals surface area contributed by atoms with Crippen LogP contribution in [0.1, 0.15) is 0 Å². The van der Waals surface area contributed by atoms with Crippen LogP contribution in [0.25, 0.3) is 0 Å². The van der Waals surface area contributed by atoms with Gasteiger partial charge in [0.2, 0.25) is 5.76 Å². The molecule has 17 heavy (non-hydrogen) atoms. The Balaban J connectivity index is 2.03. The number of ether oxygens (including phenoxy) is 4. The summed E-state index contributed by atoms with van der Waals surface area (Å²) in [5.41, 5.74) is 0. The third kappa shape index (κ3) is 1.92. The van der Waals surface area contributed by atoms with Gasteiger partial charge in [0.05, 0.1) is 13.7 Å². The molecule has 2 aliphatic rings. The van der Waals surface area contributed by atoms with Crippen LogP contribution in [-0.4, -0.2) is 54.4 Å². The summed E-state index contributed by atoms with van der Waals surface area (Å²) in [7, 11) is 1.17. The highest BCUT2D eigenvalue weighted by Crippen LogP contribution is 2.27. The van der Waals surface area contributed by atoms with Gasteiger partial charge in [-0.3, -0.25) is 0 Å². The molecule has 2 heterocycles. The summed E-state index contributed by atoms with van der Waals surface area (Å²) < 4.78 is 19.1. The minimum atomic E-state index is -1.22. The quantitative estimate of drug-likeness (QED) is 0.606. The molecule has 0 aliphatic carbocycles. The monoisotopic (exact) mass is 246 g/mol. The molecule has 2 rings (SSSR count). The number of hydrogen-bond donors (Lipinski definition) is 2. The van der Waals surface area contributed by atoms with Crippen LogP contribution >= 0.6 is 0 Å². The van der Waals surface area contributed by atoms with Crippen molar-refractivity contribution in [1.29, 1.82) is 0 Å². The highest BCUT2D eigenvalue weighted by molar-refractivity contribution is 5.89. The number of rotatable bonds is 2. The summed E-state index contributed by atoms with van der Waals surface area (Å²) in [6, 6.07) is 0. The predicted octanol–water partition coefficient (Wildman–Crippen LogP) is -0.846. The molecule has 0 aromatic heterocycles. The molecule has 1 saturated heterocycles. The Morgan fingerprint density at radius 2 is 2.18 bits per heavy atom. The van der Waals surface area contributed by atoms with Gasteiger partial charge in [0.25, 0.3) is 6.29 Å². The number of carbonyl (C=O) groups is 2. The molecule has 3 atom stereocenters. The second-order valence-electron chi connectivity index (χ2n) is 3.42. The van der Waals surface area contributed by atoms with Crippen LogP contribution in [-0.2, 0) is 28.5 Å². The fraction of sp³-hybridized carbons (Fsp3) is 0.556. The average molecular weight is 246 g/mol. The van der Waals surface area contributed by atoms with Crippen molar-refractivity contribution < 1.29 is 38.7 Å². The maximum absolute atomic E-state index is 11.1. The van der Waals surface area contributed by atoms with Crippen LogP contribution in [0.3, 0.4) is 0 Å². The zero-order valence-electron chi connectivity index (χ0n) is 8.78. The highest BCUT2D eigenvalue weighted by Gasteiger charge is 2.46. The Bertz CT molecular complexity index is 386. The number of aliphatic hydroxyl groups excluding tert-OH is 2. The lowest BCUT2D eigenvalue weighted by molar-refractivity contribution is -0.174. The van der Waals surface area contributed by atoms with E-state index in [0.717, 1.165) is 0 Å². The first-order valence-corrected chi connectivity index (χ1v) is 4.72. The number of esters is 2. The van der Waals surface area contributed by atoms with Gasteiger partial charge in [-0.2, -0.15) is 0 Å². The van der Waals surface area contributed by atoms with Gasteiger partial charge in [-0.25, -0.2) is 9.59 Å². The first kappa shape index (κ1) is 11.7. The zero-order chi connectivity index (χ0) is 12.6. The van der Waals surface area contributed by atoms with E-state index in [-0.39, 0.29) is 6.61 Å². The van der Waals surface area contributed by atoms with E-state index in [2.05, 4.69) is 9.47 Å². The molecule has 0 saturated carbocycles. The van der Waals surface area contributed by atoms with Crippen LogP contribution in [0.4, 0.5) is 0 Å². The summed E-state index contributed by atoms with van der Waals surface area (Å²) in [6.45, 7) is -0.0744. The fourth-order valence-electron chi connectivity index (χ4n) is 1.52. The van der Waals surface area contributed by atoms with E-state index in [1.807, 2.05) is 0 Å². The Kier molecular flexibility index (Phi) is 2.90. The fourth-order valence-corrected chi connectivity index (χ4v) is 1.52. The Hall–Kier alpha value is -1.80. The molecular formula is C9H10O8. The maximum atomic E-state index is 11.1. The molecule has 0 radical (unpaired) electrons. The van der Waals surface area contributed by atoms with E-state index in [9.17, 15) is 14.7 Å². The smallest absolute Gasteiger partial charge is 0.377 e. The minimum absolute atomic E-state index is 0.0744. The number of cyclic esters (lactones) is 1. The van der Waals surface area contributed by atoms with E-state index >= 15 is 0 Å². The highest BCUT2D eigenvalue weighted by atomic mass is 16.8. The summed E-state index contributed by atoms with van der Waals surface area (Å²) in [5, 5.41) is 18.5. The number of carbonyl (C=O) groups excluding carboxylic acids is 2. The number of hydrogen-bond acceptors (Lipinski definition) is 8. The normalized spacial score (nSPS) is 32.8. The van der Waals surface area contributed by atoms with E-state index in [1.54, 1.807) is 0 Å². The first-order valence-electron chi connectivity index (χ1n) is 4.72. The Morgan fingerprint density at radius 1 is 1.47 bits per heavy atom. The van der Waals surface area contributed by atoms with Crippen LogP contribution < -0.4 is 0 Å². The lowest BCUT2D eigenvalue weighted by Crippen LogP contribution is -2.32.